The van der Waals surface area contributed by atoms with Gasteiger partial charge in [0.25, 0.3) is 6.43 Å². The van der Waals surface area contributed by atoms with E-state index in [1.54, 1.807) is 13.0 Å². The number of rotatable bonds is 6. The van der Waals surface area contributed by atoms with Crippen LogP contribution in [0.4, 0.5) is 8.78 Å². The van der Waals surface area contributed by atoms with Crippen molar-refractivity contribution in [2.45, 2.75) is 46.5 Å². The van der Waals surface area contributed by atoms with E-state index < -0.39 is 6.43 Å². The van der Waals surface area contributed by atoms with Crippen LogP contribution in [0.3, 0.4) is 0 Å². The molecule has 0 saturated heterocycles. The van der Waals surface area contributed by atoms with Crippen molar-refractivity contribution in [1.82, 2.24) is 0 Å². The molecule has 2 nitrogen and oxygen atoms in total. The van der Waals surface area contributed by atoms with Gasteiger partial charge in [-0.2, -0.15) is 0 Å². The van der Waals surface area contributed by atoms with E-state index in [1.165, 1.54) is 6.08 Å². The molecule has 0 unspecified atom stereocenters. The maximum Gasteiger partial charge on any atom is 0.280 e. The SMILES string of the molecule is CC\C=C(/N=C(N)/C=C(\C)CCC)C(F)F. The van der Waals surface area contributed by atoms with Gasteiger partial charge in [0.15, 0.2) is 0 Å². The molecule has 0 aromatic carbocycles. The zero-order valence-corrected chi connectivity index (χ0v) is 10.1. The fraction of sp³-hybridized carbons (Fsp3) is 0.583. The second kappa shape index (κ2) is 8.02. The number of halogens is 2. The molecule has 0 saturated carbocycles. The van der Waals surface area contributed by atoms with Crippen LogP contribution in [0.1, 0.15) is 40.0 Å². The van der Waals surface area contributed by atoms with Gasteiger partial charge in [0, 0.05) is 0 Å². The molecule has 0 spiro atoms. The molecule has 0 aliphatic rings. The number of nitrogens with zero attached hydrogens (tertiary/aromatic N) is 1. The first-order chi connectivity index (χ1) is 7.51. The summed E-state index contributed by atoms with van der Waals surface area (Å²) in [7, 11) is 0. The molecule has 0 aromatic rings. The van der Waals surface area contributed by atoms with Crippen molar-refractivity contribution in [3.63, 3.8) is 0 Å². The van der Waals surface area contributed by atoms with Crippen LogP contribution < -0.4 is 5.73 Å². The summed E-state index contributed by atoms with van der Waals surface area (Å²) in [5.74, 6) is 0.144. The van der Waals surface area contributed by atoms with Crippen LogP contribution in [0.15, 0.2) is 28.4 Å². The van der Waals surface area contributed by atoms with E-state index in [1.807, 2.05) is 13.8 Å². The van der Waals surface area contributed by atoms with E-state index in [0.29, 0.717) is 6.42 Å². The maximum atomic E-state index is 12.5. The summed E-state index contributed by atoms with van der Waals surface area (Å²) in [6.07, 6.45) is 2.89. The van der Waals surface area contributed by atoms with E-state index in [0.717, 1.165) is 18.4 Å². The van der Waals surface area contributed by atoms with Crippen molar-refractivity contribution < 1.29 is 8.78 Å². The Morgan fingerprint density at radius 1 is 1.38 bits per heavy atom. The Morgan fingerprint density at radius 2 is 2.00 bits per heavy atom. The molecule has 92 valence electrons. The first-order valence-electron chi connectivity index (χ1n) is 5.50. The highest BCUT2D eigenvalue weighted by Crippen LogP contribution is 2.11. The molecule has 0 amide bonds. The first kappa shape index (κ1) is 14.8. The minimum absolute atomic E-state index is 0.144. The largest absolute Gasteiger partial charge is 0.384 e. The third kappa shape index (κ3) is 6.32. The Hall–Kier alpha value is -1.19. The second-order valence-electron chi connectivity index (χ2n) is 3.62. The number of allylic oxidation sites excluding steroid dienone is 3. The van der Waals surface area contributed by atoms with E-state index >= 15 is 0 Å². The zero-order chi connectivity index (χ0) is 12.6. The first-order valence-corrected chi connectivity index (χ1v) is 5.50. The lowest BCUT2D eigenvalue weighted by Crippen LogP contribution is -2.11. The minimum Gasteiger partial charge on any atom is -0.384 e. The van der Waals surface area contributed by atoms with Crippen molar-refractivity contribution >= 4 is 5.84 Å². The van der Waals surface area contributed by atoms with Gasteiger partial charge >= 0.3 is 0 Å². The Bertz CT molecular complexity index is 291. The quantitative estimate of drug-likeness (QED) is 0.549. The van der Waals surface area contributed by atoms with E-state index in [-0.39, 0.29) is 11.5 Å². The molecule has 16 heavy (non-hydrogen) atoms. The van der Waals surface area contributed by atoms with Crippen LogP contribution in [-0.2, 0) is 0 Å². The van der Waals surface area contributed by atoms with Crippen molar-refractivity contribution in [3.8, 4) is 0 Å². The number of amidine groups is 1. The summed E-state index contributed by atoms with van der Waals surface area (Å²) in [5.41, 5.74) is 6.37. The molecule has 0 aliphatic heterocycles. The Kier molecular flexibility index (Phi) is 7.42. The molecule has 0 bridgehead atoms. The lowest BCUT2D eigenvalue weighted by atomic mass is 10.1. The summed E-state index contributed by atoms with van der Waals surface area (Å²) in [4.78, 5) is 3.72. The van der Waals surface area contributed by atoms with Gasteiger partial charge in [0.2, 0.25) is 0 Å². The van der Waals surface area contributed by atoms with Gasteiger partial charge in [-0.15, -0.1) is 0 Å². The number of hydrogen-bond acceptors (Lipinski definition) is 1. The monoisotopic (exact) mass is 230 g/mol. The summed E-state index contributed by atoms with van der Waals surface area (Å²) in [5, 5.41) is 0. The molecule has 0 atom stereocenters. The van der Waals surface area contributed by atoms with Crippen molar-refractivity contribution in [3.05, 3.63) is 23.4 Å². The van der Waals surface area contributed by atoms with Crippen LogP contribution >= 0.6 is 0 Å². The topological polar surface area (TPSA) is 38.4 Å². The van der Waals surface area contributed by atoms with Crippen molar-refractivity contribution in [1.29, 1.82) is 0 Å². The number of aliphatic imine (C=N–C) groups is 1. The van der Waals surface area contributed by atoms with Crippen LogP contribution in [-0.4, -0.2) is 12.3 Å². The molecule has 0 heterocycles. The predicted molar refractivity (Wildman–Crippen MR) is 64.7 cm³/mol. The zero-order valence-electron chi connectivity index (χ0n) is 10.1. The molecule has 0 aliphatic carbocycles. The smallest absolute Gasteiger partial charge is 0.280 e. The summed E-state index contributed by atoms with van der Waals surface area (Å²) in [6.45, 7) is 5.75. The number of nitrogens with two attached hydrogens (primary N) is 1. The molecule has 0 radical (unpaired) electrons. The van der Waals surface area contributed by atoms with Crippen molar-refractivity contribution in [2.75, 3.05) is 0 Å². The van der Waals surface area contributed by atoms with Crippen LogP contribution in [0, 0.1) is 0 Å². The highest BCUT2D eigenvalue weighted by molar-refractivity contribution is 5.92. The van der Waals surface area contributed by atoms with Crippen molar-refractivity contribution in [2.24, 2.45) is 10.7 Å². The van der Waals surface area contributed by atoms with Gasteiger partial charge in [-0.05, 0) is 25.8 Å². The van der Waals surface area contributed by atoms with Gasteiger partial charge in [0.1, 0.15) is 11.5 Å². The van der Waals surface area contributed by atoms with E-state index in [9.17, 15) is 8.78 Å². The highest BCUT2D eigenvalue weighted by atomic mass is 19.3. The highest BCUT2D eigenvalue weighted by Gasteiger charge is 2.09. The Labute approximate surface area is 95.9 Å². The average molecular weight is 230 g/mol. The average Bonchev–Trinajstić information content (AvgIpc) is 2.16. The van der Waals surface area contributed by atoms with E-state index in [4.69, 9.17) is 5.73 Å². The van der Waals surface area contributed by atoms with Gasteiger partial charge in [-0.3, -0.25) is 0 Å². The predicted octanol–water partition coefficient (Wildman–Crippen LogP) is 3.65. The molecular formula is C12H20F2N2. The number of hydrogen-bond donors (Lipinski definition) is 1. The second-order valence-corrected chi connectivity index (χ2v) is 3.62. The lowest BCUT2D eigenvalue weighted by Gasteiger charge is -2.02. The van der Waals surface area contributed by atoms with Crippen LogP contribution in [0.25, 0.3) is 0 Å². The fourth-order valence-corrected chi connectivity index (χ4v) is 1.29. The molecular weight excluding hydrogens is 210 g/mol. The molecule has 0 aromatic heterocycles. The molecule has 4 heteroatoms. The lowest BCUT2D eigenvalue weighted by molar-refractivity contribution is 0.188. The summed E-state index contributed by atoms with van der Waals surface area (Å²) in [6, 6.07) is 0. The maximum absolute atomic E-state index is 12.5. The Morgan fingerprint density at radius 3 is 2.44 bits per heavy atom. The minimum atomic E-state index is -2.57. The molecule has 0 rings (SSSR count). The normalized spacial score (nSPS) is 14.8. The fourth-order valence-electron chi connectivity index (χ4n) is 1.29. The van der Waals surface area contributed by atoms with Gasteiger partial charge < -0.3 is 5.73 Å². The number of alkyl halides is 2. The summed E-state index contributed by atoms with van der Waals surface area (Å²) >= 11 is 0. The van der Waals surface area contributed by atoms with Crippen LogP contribution in [0.2, 0.25) is 0 Å². The summed E-state index contributed by atoms with van der Waals surface area (Å²) < 4.78 is 25.0. The molecule has 0 fully saturated rings. The standard InChI is InChI=1S/C12H20F2N2/c1-4-6-9(3)8-11(15)16-10(7-5-2)12(13)14/h7-8,12H,4-6H2,1-3H3,(H2,15,16)/b9-8+,10-7-. The Balaban J connectivity index is 4.73. The van der Waals surface area contributed by atoms with Gasteiger partial charge in [-0.1, -0.05) is 31.9 Å². The van der Waals surface area contributed by atoms with Gasteiger partial charge in [0.05, 0.1) is 0 Å². The third-order valence-electron chi connectivity index (χ3n) is 1.93. The van der Waals surface area contributed by atoms with Gasteiger partial charge in [-0.25, -0.2) is 13.8 Å². The van der Waals surface area contributed by atoms with Crippen LogP contribution in [0.5, 0.6) is 0 Å². The van der Waals surface area contributed by atoms with E-state index in [2.05, 4.69) is 4.99 Å². The third-order valence-corrected chi connectivity index (χ3v) is 1.93. The molecule has 2 N–H and O–H groups in total.